The molecule has 0 aliphatic rings. The largest absolute Gasteiger partial charge is 0.475 e. The second-order valence-electron chi connectivity index (χ2n) is 3.57. The lowest BCUT2D eigenvalue weighted by atomic mass is 10.4. The van der Waals surface area contributed by atoms with Gasteiger partial charge < -0.3 is 9.52 Å². The van der Waals surface area contributed by atoms with Crippen molar-refractivity contribution in [1.29, 1.82) is 0 Å². The summed E-state index contributed by atoms with van der Waals surface area (Å²) in [6.07, 6.45) is 3.81. The summed E-state index contributed by atoms with van der Waals surface area (Å²) in [5, 5.41) is 8.75. The molecular formula is C10H9N3O5S. The fourth-order valence-electron chi connectivity index (χ4n) is 1.40. The molecule has 9 heteroatoms. The number of sulfonamides is 1. The molecule has 0 saturated carbocycles. The maximum absolute atomic E-state index is 12.0. The third-order valence-corrected chi connectivity index (χ3v) is 3.67. The molecule has 0 aliphatic heterocycles. The fraction of sp³-hybridized carbons (Fsp3) is 0.100. The number of aromatic carboxylic acids is 1. The normalized spacial score (nSPS) is 11.2. The van der Waals surface area contributed by atoms with E-state index in [0.29, 0.717) is 0 Å². The molecule has 0 bridgehead atoms. The Morgan fingerprint density at radius 3 is 2.53 bits per heavy atom. The monoisotopic (exact) mass is 283 g/mol. The minimum Gasteiger partial charge on any atom is -0.475 e. The van der Waals surface area contributed by atoms with Crippen LogP contribution < -0.4 is 4.72 Å². The summed E-state index contributed by atoms with van der Waals surface area (Å²) in [7, 11) is -3.94. The Bertz CT molecular complexity index is 708. The van der Waals surface area contributed by atoms with Crippen LogP contribution in [0.2, 0.25) is 0 Å². The van der Waals surface area contributed by atoms with Crippen LogP contribution in [0.1, 0.15) is 16.3 Å². The summed E-state index contributed by atoms with van der Waals surface area (Å²) < 4.78 is 31.1. The Kier molecular flexibility index (Phi) is 3.21. The Labute approximate surface area is 108 Å². The van der Waals surface area contributed by atoms with Gasteiger partial charge in [0.15, 0.2) is 0 Å². The van der Waals surface area contributed by atoms with Gasteiger partial charge in [0.25, 0.3) is 10.0 Å². The van der Waals surface area contributed by atoms with Gasteiger partial charge in [-0.05, 0) is 6.92 Å². The number of carboxylic acid groups (broad SMARTS) is 1. The van der Waals surface area contributed by atoms with Crippen molar-refractivity contribution in [2.45, 2.75) is 11.8 Å². The molecule has 2 aromatic rings. The van der Waals surface area contributed by atoms with Gasteiger partial charge in [-0.2, -0.15) is 0 Å². The minimum absolute atomic E-state index is 0.0123. The predicted octanol–water partition coefficient (Wildman–Crippen LogP) is 0.877. The first-order valence-corrected chi connectivity index (χ1v) is 6.50. The molecule has 0 spiro atoms. The number of aromatic nitrogens is 2. The molecule has 0 amide bonds. The number of anilines is 1. The van der Waals surface area contributed by atoms with Gasteiger partial charge in [0.1, 0.15) is 17.0 Å². The van der Waals surface area contributed by atoms with Crippen LogP contribution in [0.5, 0.6) is 0 Å². The van der Waals surface area contributed by atoms with Gasteiger partial charge in [0, 0.05) is 6.07 Å². The van der Waals surface area contributed by atoms with Crippen molar-refractivity contribution in [3.05, 3.63) is 36.3 Å². The lowest BCUT2D eigenvalue weighted by molar-refractivity contribution is 0.0661. The van der Waals surface area contributed by atoms with Gasteiger partial charge in [-0.1, -0.05) is 0 Å². The summed E-state index contributed by atoms with van der Waals surface area (Å²) in [5.74, 6) is -1.79. The molecule has 2 rings (SSSR count). The van der Waals surface area contributed by atoms with Crippen LogP contribution in [0.3, 0.4) is 0 Å². The van der Waals surface area contributed by atoms with Crippen molar-refractivity contribution >= 4 is 21.7 Å². The third-order valence-electron chi connectivity index (χ3n) is 2.19. The maximum Gasteiger partial charge on any atom is 0.371 e. The number of hydrogen-bond donors (Lipinski definition) is 2. The molecular weight excluding hydrogens is 274 g/mol. The summed E-state index contributed by atoms with van der Waals surface area (Å²) in [5.41, 5.74) is 0.167. The number of furan rings is 1. The topological polar surface area (TPSA) is 122 Å². The zero-order chi connectivity index (χ0) is 14.0. The van der Waals surface area contributed by atoms with Crippen molar-refractivity contribution in [3.8, 4) is 0 Å². The quantitative estimate of drug-likeness (QED) is 0.853. The Morgan fingerprint density at radius 1 is 1.37 bits per heavy atom. The molecule has 2 N–H and O–H groups in total. The standard InChI is InChI=1S/C10H9N3O5S/c1-6-9(2-8(18-6)10(14)15)19(16,17)13-7-3-11-5-12-4-7/h2-5,13H,1H3,(H,14,15). The van der Waals surface area contributed by atoms with E-state index in [1.54, 1.807) is 0 Å². The lowest BCUT2D eigenvalue weighted by Gasteiger charge is -2.05. The first kappa shape index (κ1) is 13.0. The highest BCUT2D eigenvalue weighted by Gasteiger charge is 2.24. The first-order valence-electron chi connectivity index (χ1n) is 5.02. The molecule has 2 heterocycles. The van der Waals surface area contributed by atoms with E-state index >= 15 is 0 Å². The highest BCUT2D eigenvalue weighted by Crippen LogP contribution is 2.22. The number of hydrogen-bond acceptors (Lipinski definition) is 6. The van der Waals surface area contributed by atoms with Crippen molar-refractivity contribution in [1.82, 2.24) is 9.97 Å². The number of nitrogens with one attached hydrogen (secondary N) is 1. The van der Waals surface area contributed by atoms with Crippen LogP contribution in [0, 0.1) is 6.92 Å². The van der Waals surface area contributed by atoms with Crippen LogP contribution in [-0.2, 0) is 10.0 Å². The number of carboxylic acids is 1. The number of aryl methyl sites for hydroxylation is 1. The Balaban J connectivity index is 2.37. The fourth-order valence-corrected chi connectivity index (χ4v) is 2.61. The number of nitrogens with zero attached hydrogens (tertiary/aromatic N) is 2. The summed E-state index contributed by atoms with van der Waals surface area (Å²) in [4.78, 5) is 17.8. The van der Waals surface area contributed by atoms with E-state index < -0.39 is 21.8 Å². The molecule has 100 valence electrons. The SMILES string of the molecule is Cc1oc(C(=O)O)cc1S(=O)(=O)Nc1cncnc1. The van der Waals surface area contributed by atoms with E-state index in [0.717, 1.165) is 6.07 Å². The average Bonchev–Trinajstić information content (AvgIpc) is 2.73. The van der Waals surface area contributed by atoms with Crippen molar-refractivity contribution in [2.75, 3.05) is 4.72 Å². The van der Waals surface area contributed by atoms with E-state index in [4.69, 9.17) is 9.52 Å². The van der Waals surface area contributed by atoms with Gasteiger partial charge >= 0.3 is 5.97 Å². The van der Waals surface area contributed by atoms with Gasteiger partial charge in [-0.3, -0.25) is 4.72 Å². The van der Waals surface area contributed by atoms with E-state index in [1.807, 2.05) is 0 Å². The van der Waals surface area contributed by atoms with Crippen LogP contribution >= 0.6 is 0 Å². The minimum atomic E-state index is -3.94. The zero-order valence-electron chi connectivity index (χ0n) is 9.69. The molecule has 0 aromatic carbocycles. The molecule has 0 unspecified atom stereocenters. The van der Waals surface area contributed by atoms with Gasteiger partial charge in [-0.15, -0.1) is 0 Å². The van der Waals surface area contributed by atoms with Crippen LogP contribution in [0.15, 0.2) is 34.1 Å². The molecule has 0 fully saturated rings. The summed E-state index contributed by atoms with van der Waals surface area (Å²) in [6, 6.07) is 0.948. The average molecular weight is 283 g/mol. The molecule has 0 radical (unpaired) electrons. The second kappa shape index (κ2) is 4.69. The first-order chi connectivity index (χ1) is 8.90. The van der Waals surface area contributed by atoms with Gasteiger partial charge in [-0.25, -0.2) is 23.2 Å². The van der Waals surface area contributed by atoms with Gasteiger partial charge in [0.05, 0.1) is 18.1 Å². The smallest absolute Gasteiger partial charge is 0.371 e. The molecule has 19 heavy (non-hydrogen) atoms. The predicted molar refractivity (Wildman–Crippen MR) is 63.2 cm³/mol. The Morgan fingerprint density at radius 2 is 2.00 bits per heavy atom. The highest BCUT2D eigenvalue weighted by molar-refractivity contribution is 7.92. The van der Waals surface area contributed by atoms with Crippen molar-refractivity contribution in [2.24, 2.45) is 0 Å². The second-order valence-corrected chi connectivity index (χ2v) is 5.22. The van der Waals surface area contributed by atoms with Crippen LogP contribution in [-0.4, -0.2) is 29.5 Å². The molecule has 0 aliphatic carbocycles. The van der Waals surface area contributed by atoms with E-state index in [-0.39, 0.29) is 16.3 Å². The van der Waals surface area contributed by atoms with E-state index in [1.165, 1.54) is 25.6 Å². The number of rotatable bonds is 4. The molecule has 0 saturated heterocycles. The van der Waals surface area contributed by atoms with E-state index in [2.05, 4.69) is 14.7 Å². The Hall–Kier alpha value is -2.42. The van der Waals surface area contributed by atoms with E-state index in [9.17, 15) is 13.2 Å². The lowest BCUT2D eigenvalue weighted by Crippen LogP contribution is -2.13. The molecule has 0 atom stereocenters. The maximum atomic E-state index is 12.0. The van der Waals surface area contributed by atoms with Crippen LogP contribution in [0.4, 0.5) is 5.69 Å². The van der Waals surface area contributed by atoms with Crippen molar-refractivity contribution < 1.29 is 22.7 Å². The summed E-state index contributed by atoms with van der Waals surface area (Å²) in [6.45, 7) is 1.36. The number of carbonyl (C=O) groups is 1. The third kappa shape index (κ3) is 2.71. The van der Waals surface area contributed by atoms with Crippen molar-refractivity contribution in [3.63, 3.8) is 0 Å². The zero-order valence-corrected chi connectivity index (χ0v) is 10.5. The van der Waals surface area contributed by atoms with Gasteiger partial charge in [0.2, 0.25) is 5.76 Å². The molecule has 8 nitrogen and oxygen atoms in total. The van der Waals surface area contributed by atoms with Crippen LogP contribution in [0.25, 0.3) is 0 Å². The highest BCUT2D eigenvalue weighted by atomic mass is 32.2. The molecule has 2 aromatic heterocycles. The summed E-state index contributed by atoms with van der Waals surface area (Å²) >= 11 is 0.